The highest BCUT2D eigenvalue weighted by Crippen LogP contribution is 2.26. The summed E-state index contributed by atoms with van der Waals surface area (Å²) in [6, 6.07) is 14.5. The second-order valence-corrected chi connectivity index (χ2v) is 7.81. The fourth-order valence-electron chi connectivity index (χ4n) is 3.39. The van der Waals surface area contributed by atoms with Gasteiger partial charge >= 0.3 is 0 Å². The van der Waals surface area contributed by atoms with Crippen LogP contribution in [0, 0.1) is 0 Å². The van der Waals surface area contributed by atoms with Crippen LogP contribution < -0.4 is 10.9 Å². The maximum atomic E-state index is 12.5. The first-order valence-corrected chi connectivity index (χ1v) is 9.07. The molecule has 0 radical (unpaired) electrons. The SMILES string of the molecule is CC(Nc1nc2c(cnn2C(C)(C)C)c(=O)[nH]1)c1cccc2ccccc12. The van der Waals surface area contributed by atoms with E-state index in [0.29, 0.717) is 17.0 Å². The third-order valence-electron chi connectivity index (χ3n) is 4.72. The van der Waals surface area contributed by atoms with Gasteiger partial charge in [0.2, 0.25) is 5.95 Å². The highest BCUT2D eigenvalue weighted by atomic mass is 16.1. The molecule has 2 aromatic carbocycles. The Hall–Kier alpha value is -3.15. The molecule has 2 aromatic heterocycles. The fourth-order valence-corrected chi connectivity index (χ4v) is 3.39. The van der Waals surface area contributed by atoms with E-state index in [1.807, 2.05) is 39.0 Å². The Kier molecular flexibility index (Phi) is 3.98. The molecule has 0 bridgehead atoms. The van der Waals surface area contributed by atoms with Gasteiger partial charge in [-0.2, -0.15) is 10.1 Å². The Bertz CT molecular complexity index is 1180. The Labute approximate surface area is 157 Å². The van der Waals surface area contributed by atoms with E-state index in [9.17, 15) is 4.79 Å². The lowest BCUT2D eigenvalue weighted by Crippen LogP contribution is -2.24. The number of nitrogens with one attached hydrogen (secondary N) is 2. The summed E-state index contributed by atoms with van der Waals surface area (Å²) in [4.78, 5) is 20.0. The molecular weight excluding hydrogens is 338 g/mol. The summed E-state index contributed by atoms with van der Waals surface area (Å²) in [5, 5.41) is 10.6. The zero-order valence-electron chi connectivity index (χ0n) is 15.9. The number of aromatic nitrogens is 4. The predicted octanol–water partition coefficient (Wildman–Crippen LogP) is 4.20. The summed E-state index contributed by atoms with van der Waals surface area (Å²) in [5.41, 5.74) is 1.28. The van der Waals surface area contributed by atoms with Crippen molar-refractivity contribution in [2.45, 2.75) is 39.3 Å². The second kappa shape index (κ2) is 6.23. The molecule has 4 rings (SSSR count). The van der Waals surface area contributed by atoms with Gasteiger partial charge in [0, 0.05) is 0 Å². The smallest absolute Gasteiger partial charge is 0.263 e. The van der Waals surface area contributed by atoms with Crippen molar-refractivity contribution in [1.82, 2.24) is 19.7 Å². The minimum atomic E-state index is -0.263. The highest BCUT2D eigenvalue weighted by Gasteiger charge is 2.20. The molecule has 6 nitrogen and oxygen atoms in total. The van der Waals surface area contributed by atoms with Crippen molar-refractivity contribution in [3.63, 3.8) is 0 Å². The Morgan fingerprint density at radius 2 is 1.81 bits per heavy atom. The van der Waals surface area contributed by atoms with Gasteiger partial charge < -0.3 is 5.32 Å². The van der Waals surface area contributed by atoms with Crippen LogP contribution in [0.4, 0.5) is 5.95 Å². The van der Waals surface area contributed by atoms with Gasteiger partial charge in [-0.15, -0.1) is 0 Å². The highest BCUT2D eigenvalue weighted by molar-refractivity contribution is 5.86. The van der Waals surface area contributed by atoms with Crippen LogP contribution in [-0.2, 0) is 5.54 Å². The molecule has 0 saturated carbocycles. The summed E-state index contributed by atoms with van der Waals surface area (Å²) in [5.74, 6) is 0.443. The largest absolute Gasteiger partial charge is 0.349 e. The fraction of sp³-hybridized carbons (Fsp3) is 0.286. The van der Waals surface area contributed by atoms with E-state index in [2.05, 4.69) is 51.6 Å². The van der Waals surface area contributed by atoms with Crippen LogP contribution in [0.5, 0.6) is 0 Å². The first kappa shape index (κ1) is 17.3. The van der Waals surface area contributed by atoms with Crippen LogP contribution >= 0.6 is 0 Å². The lowest BCUT2D eigenvalue weighted by molar-refractivity contribution is 0.366. The first-order chi connectivity index (χ1) is 12.8. The average Bonchev–Trinajstić information content (AvgIpc) is 3.06. The number of hydrogen-bond donors (Lipinski definition) is 2. The third kappa shape index (κ3) is 3.07. The number of hydrogen-bond acceptors (Lipinski definition) is 4. The van der Waals surface area contributed by atoms with Crippen LogP contribution in [-0.4, -0.2) is 19.7 Å². The van der Waals surface area contributed by atoms with E-state index >= 15 is 0 Å². The lowest BCUT2D eigenvalue weighted by atomic mass is 10.00. The molecule has 138 valence electrons. The topological polar surface area (TPSA) is 75.6 Å². The number of fused-ring (bicyclic) bond motifs is 2. The zero-order chi connectivity index (χ0) is 19.2. The van der Waals surface area contributed by atoms with Gasteiger partial charge in [-0.1, -0.05) is 42.5 Å². The molecule has 0 fully saturated rings. The summed E-state index contributed by atoms with van der Waals surface area (Å²) >= 11 is 0. The van der Waals surface area contributed by atoms with Gasteiger partial charge in [0.05, 0.1) is 17.8 Å². The van der Waals surface area contributed by atoms with E-state index in [4.69, 9.17) is 0 Å². The number of nitrogens with zero attached hydrogens (tertiary/aromatic N) is 3. The van der Waals surface area contributed by atoms with Crippen molar-refractivity contribution >= 4 is 27.8 Å². The summed E-state index contributed by atoms with van der Waals surface area (Å²) in [7, 11) is 0. The van der Waals surface area contributed by atoms with Crippen LogP contribution in [0.25, 0.3) is 21.8 Å². The van der Waals surface area contributed by atoms with E-state index in [-0.39, 0.29) is 17.1 Å². The number of benzene rings is 2. The summed E-state index contributed by atoms with van der Waals surface area (Å²) in [6.07, 6.45) is 1.57. The minimum absolute atomic E-state index is 0.0253. The Morgan fingerprint density at radius 3 is 2.59 bits per heavy atom. The molecule has 0 aliphatic carbocycles. The van der Waals surface area contributed by atoms with Crippen LogP contribution in [0.15, 0.2) is 53.5 Å². The van der Waals surface area contributed by atoms with Crippen molar-refractivity contribution in [2.75, 3.05) is 5.32 Å². The second-order valence-electron chi connectivity index (χ2n) is 7.81. The number of anilines is 1. The molecule has 0 aliphatic heterocycles. The molecule has 6 heteroatoms. The molecule has 0 aliphatic rings. The molecule has 0 saturated heterocycles. The van der Waals surface area contributed by atoms with Gasteiger partial charge in [0.25, 0.3) is 5.56 Å². The van der Waals surface area contributed by atoms with Gasteiger partial charge in [0.15, 0.2) is 5.65 Å². The normalized spacial score (nSPS) is 13.2. The number of aromatic amines is 1. The van der Waals surface area contributed by atoms with Gasteiger partial charge in [0.1, 0.15) is 5.39 Å². The quantitative estimate of drug-likeness (QED) is 0.573. The minimum Gasteiger partial charge on any atom is -0.349 e. The molecule has 1 unspecified atom stereocenters. The number of H-pyrrole nitrogens is 1. The van der Waals surface area contributed by atoms with Gasteiger partial charge in [-0.05, 0) is 44.0 Å². The van der Waals surface area contributed by atoms with Gasteiger partial charge in [-0.3, -0.25) is 9.78 Å². The molecule has 27 heavy (non-hydrogen) atoms. The van der Waals surface area contributed by atoms with E-state index in [1.54, 1.807) is 10.9 Å². The van der Waals surface area contributed by atoms with Crippen LogP contribution in [0.3, 0.4) is 0 Å². The molecule has 1 atom stereocenters. The monoisotopic (exact) mass is 361 g/mol. The molecule has 2 heterocycles. The molecule has 0 amide bonds. The Morgan fingerprint density at radius 1 is 1.07 bits per heavy atom. The Balaban J connectivity index is 1.76. The standard InChI is InChI=1S/C21H23N5O/c1-13(15-11-7-9-14-8-5-6-10-16(14)15)23-20-24-18-17(19(27)25-20)12-22-26(18)21(2,3)4/h5-13H,1-4H3,(H2,23,24,25,27). The van der Waals surface area contributed by atoms with Crippen molar-refractivity contribution < 1.29 is 0 Å². The first-order valence-electron chi connectivity index (χ1n) is 9.07. The third-order valence-corrected chi connectivity index (χ3v) is 4.72. The summed E-state index contributed by atoms with van der Waals surface area (Å²) in [6.45, 7) is 8.17. The van der Waals surface area contributed by atoms with Crippen molar-refractivity contribution in [3.05, 3.63) is 64.6 Å². The molecule has 4 aromatic rings. The average molecular weight is 361 g/mol. The van der Waals surface area contributed by atoms with E-state index in [0.717, 1.165) is 5.56 Å². The molecular formula is C21H23N5O. The van der Waals surface area contributed by atoms with Crippen LogP contribution in [0.1, 0.15) is 39.3 Å². The lowest BCUT2D eigenvalue weighted by Gasteiger charge is -2.20. The number of rotatable bonds is 3. The maximum Gasteiger partial charge on any atom is 0.263 e. The van der Waals surface area contributed by atoms with Gasteiger partial charge in [-0.25, -0.2) is 4.68 Å². The van der Waals surface area contributed by atoms with E-state index in [1.165, 1.54) is 10.8 Å². The molecule has 2 N–H and O–H groups in total. The van der Waals surface area contributed by atoms with Crippen molar-refractivity contribution in [1.29, 1.82) is 0 Å². The summed E-state index contributed by atoms with van der Waals surface area (Å²) < 4.78 is 1.78. The zero-order valence-corrected chi connectivity index (χ0v) is 15.9. The van der Waals surface area contributed by atoms with Crippen molar-refractivity contribution in [3.8, 4) is 0 Å². The van der Waals surface area contributed by atoms with E-state index < -0.39 is 0 Å². The predicted molar refractivity (Wildman–Crippen MR) is 109 cm³/mol. The maximum absolute atomic E-state index is 12.5. The van der Waals surface area contributed by atoms with Crippen LogP contribution in [0.2, 0.25) is 0 Å². The van der Waals surface area contributed by atoms with Crippen molar-refractivity contribution in [2.24, 2.45) is 0 Å². The molecule has 0 spiro atoms.